The van der Waals surface area contributed by atoms with Crippen LogP contribution < -0.4 is 11.1 Å². The van der Waals surface area contributed by atoms with E-state index in [1.54, 1.807) is 24.3 Å². The molecular formula is C17H12N4O3. The Morgan fingerprint density at radius 1 is 1.12 bits per heavy atom. The molecule has 0 aromatic heterocycles. The van der Waals surface area contributed by atoms with Crippen molar-refractivity contribution < 1.29 is 14.4 Å². The molecule has 1 heterocycles. The monoisotopic (exact) mass is 320 g/mol. The van der Waals surface area contributed by atoms with Gasteiger partial charge in [0.05, 0.1) is 17.2 Å². The molecule has 2 aromatic carbocycles. The van der Waals surface area contributed by atoms with Gasteiger partial charge in [0.15, 0.2) is 0 Å². The van der Waals surface area contributed by atoms with E-state index in [0.717, 1.165) is 4.90 Å². The highest BCUT2D eigenvalue weighted by molar-refractivity contribution is 6.22. The van der Waals surface area contributed by atoms with Crippen LogP contribution in [0.3, 0.4) is 0 Å². The molecule has 118 valence electrons. The van der Waals surface area contributed by atoms with E-state index in [9.17, 15) is 14.4 Å². The molecule has 0 atom stereocenters. The lowest BCUT2D eigenvalue weighted by Crippen LogP contribution is -2.29. The van der Waals surface area contributed by atoms with Gasteiger partial charge >= 0.3 is 0 Å². The standard InChI is InChI=1S/C17H12N4O3/c18-6-7-21-16(23)13-5-4-12(9-14(13)17(21)24)20-15(22)10-2-1-3-11(19)8-10/h1-5,8-9H,7,19H2,(H,20,22). The van der Waals surface area contributed by atoms with Crippen molar-refractivity contribution in [2.45, 2.75) is 0 Å². The number of hydrogen-bond donors (Lipinski definition) is 2. The predicted molar refractivity (Wildman–Crippen MR) is 86.2 cm³/mol. The molecule has 7 heteroatoms. The third kappa shape index (κ3) is 2.57. The van der Waals surface area contributed by atoms with E-state index >= 15 is 0 Å². The van der Waals surface area contributed by atoms with Crippen LogP contribution in [0.1, 0.15) is 31.1 Å². The molecule has 0 fully saturated rings. The predicted octanol–water partition coefficient (Wildman–Crippen LogP) is 1.64. The number of imide groups is 1. The van der Waals surface area contributed by atoms with E-state index in [4.69, 9.17) is 11.0 Å². The quantitative estimate of drug-likeness (QED) is 0.506. The summed E-state index contributed by atoms with van der Waals surface area (Å²) >= 11 is 0. The van der Waals surface area contributed by atoms with Gasteiger partial charge in [-0.05, 0) is 36.4 Å². The van der Waals surface area contributed by atoms with Crippen LogP contribution in [-0.2, 0) is 0 Å². The smallest absolute Gasteiger partial charge is 0.262 e. The Labute approximate surface area is 137 Å². The molecule has 0 spiro atoms. The summed E-state index contributed by atoms with van der Waals surface area (Å²) in [5, 5.41) is 11.4. The molecule has 0 radical (unpaired) electrons. The number of nitrogen functional groups attached to an aromatic ring is 1. The molecule has 1 aliphatic rings. The van der Waals surface area contributed by atoms with Gasteiger partial charge in [-0.1, -0.05) is 6.07 Å². The highest BCUT2D eigenvalue weighted by Crippen LogP contribution is 2.26. The fourth-order valence-corrected chi connectivity index (χ4v) is 2.47. The Morgan fingerprint density at radius 2 is 1.88 bits per heavy atom. The van der Waals surface area contributed by atoms with Crippen molar-refractivity contribution in [3.05, 3.63) is 59.2 Å². The van der Waals surface area contributed by atoms with Crippen LogP contribution in [-0.4, -0.2) is 29.2 Å². The number of nitriles is 1. The van der Waals surface area contributed by atoms with Gasteiger partial charge < -0.3 is 11.1 Å². The Bertz CT molecular complexity index is 914. The average Bonchev–Trinajstić information content (AvgIpc) is 2.80. The lowest BCUT2D eigenvalue weighted by Gasteiger charge is -2.07. The number of hydrogen-bond acceptors (Lipinski definition) is 5. The van der Waals surface area contributed by atoms with Crippen LogP contribution in [0, 0.1) is 11.3 Å². The third-order valence-corrected chi connectivity index (χ3v) is 3.61. The van der Waals surface area contributed by atoms with Crippen molar-refractivity contribution >= 4 is 29.1 Å². The molecule has 3 amide bonds. The summed E-state index contributed by atoms with van der Waals surface area (Å²) in [6.45, 7) is -0.308. The normalized spacial score (nSPS) is 12.7. The van der Waals surface area contributed by atoms with E-state index in [-0.39, 0.29) is 23.6 Å². The van der Waals surface area contributed by atoms with Crippen molar-refractivity contribution in [3.63, 3.8) is 0 Å². The molecule has 2 aromatic rings. The maximum atomic E-state index is 12.2. The lowest BCUT2D eigenvalue weighted by atomic mass is 10.1. The number of carbonyl (C=O) groups is 3. The van der Waals surface area contributed by atoms with Crippen molar-refractivity contribution in [2.24, 2.45) is 0 Å². The molecule has 0 aliphatic carbocycles. The first-order valence-corrected chi connectivity index (χ1v) is 7.05. The van der Waals surface area contributed by atoms with Gasteiger partial charge in [-0.2, -0.15) is 5.26 Å². The number of amides is 3. The van der Waals surface area contributed by atoms with Crippen LogP contribution >= 0.6 is 0 Å². The van der Waals surface area contributed by atoms with Crippen molar-refractivity contribution in [1.29, 1.82) is 5.26 Å². The fraction of sp³-hybridized carbons (Fsp3) is 0.0588. The van der Waals surface area contributed by atoms with Gasteiger partial charge in [-0.3, -0.25) is 19.3 Å². The van der Waals surface area contributed by atoms with Crippen LogP contribution in [0.25, 0.3) is 0 Å². The van der Waals surface area contributed by atoms with Crippen LogP contribution in [0.4, 0.5) is 11.4 Å². The van der Waals surface area contributed by atoms with E-state index in [0.29, 0.717) is 16.9 Å². The number of nitrogens with zero attached hydrogens (tertiary/aromatic N) is 2. The third-order valence-electron chi connectivity index (χ3n) is 3.61. The van der Waals surface area contributed by atoms with Crippen molar-refractivity contribution in [1.82, 2.24) is 4.90 Å². The Kier molecular flexibility index (Phi) is 3.72. The first kappa shape index (κ1) is 15.2. The summed E-state index contributed by atoms with van der Waals surface area (Å²) in [5.41, 5.74) is 7.25. The second-order valence-corrected chi connectivity index (χ2v) is 5.19. The van der Waals surface area contributed by atoms with E-state index in [2.05, 4.69) is 5.32 Å². The second kappa shape index (κ2) is 5.85. The SMILES string of the molecule is N#CCN1C(=O)c2ccc(NC(=O)c3cccc(N)c3)cc2C1=O. The number of fused-ring (bicyclic) bond motifs is 1. The number of rotatable bonds is 3. The Hall–Kier alpha value is -3.66. The number of anilines is 2. The first-order chi connectivity index (χ1) is 11.5. The zero-order chi connectivity index (χ0) is 17.3. The Morgan fingerprint density at radius 3 is 2.58 bits per heavy atom. The zero-order valence-corrected chi connectivity index (χ0v) is 12.4. The summed E-state index contributed by atoms with van der Waals surface area (Å²) in [5.74, 6) is -1.44. The zero-order valence-electron chi connectivity index (χ0n) is 12.4. The second-order valence-electron chi connectivity index (χ2n) is 5.19. The molecule has 0 saturated heterocycles. The van der Waals surface area contributed by atoms with Gasteiger partial charge in [-0.15, -0.1) is 0 Å². The van der Waals surface area contributed by atoms with Crippen LogP contribution in [0.15, 0.2) is 42.5 Å². The summed E-state index contributed by atoms with van der Waals surface area (Å²) in [7, 11) is 0. The minimum Gasteiger partial charge on any atom is -0.399 e. The maximum Gasteiger partial charge on any atom is 0.262 e. The van der Waals surface area contributed by atoms with Gasteiger partial charge in [0.1, 0.15) is 6.54 Å². The van der Waals surface area contributed by atoms with Crippen LogP contribution in [0.2, 0.25) is 0 Å². The Balaban J connectivity index is 1.86. The summed E-state index contributed by atoms with van der Waals surface area (Å²) < 4.78 is 0. The largest absolute Gasteiger partial charge is 0.399 e. The molecule has 0 unspecified atom stereocenters. The van der Waals surface area contributed by atoms with E-state index < -0.39 is 11.8 Å². The first-order valence-electron chi connectivity index (χ1n) is 7.05. The van der Waals surface area contributed by atoms with Gasteiger partial charge in [-0.25, -0.2) is 0 Å². The molecule has 3 N–H and O–H groups in total. The number of carbonyl (C=O) groups excluding carboxylic acids is 3. The van der Waals surface area contributed by atoms with Gasteiger partial charge in [0.25, 0.3) is 17.7 Å². The highest BCUT2D eigenvalue weighted by Gasteiger charge is 2.35. The van der Waals surface area contributed by atoms with Crippen molar-refractivity contribution in [2.75, 3.05) is 17.6 Å². The molecule has 24 heavy (non-hydrogen) atoms. The summed E-state index contributed by atoms with van der Waals surface area (Å²) in [6, 6.07) is 12.7. The minimum atomic E-state index is -0.545. The minimum absolute atomic E-state index is 0.167. The molecule has 0 bridgehead atoms. The van der Waals surface area contributed by atoms with E-state index in [1.165, 1.54) is 24.3 Å². The molecule has 1 aliphatic heterocycles. The summed E-state index contributed by atoms with van der Waals surface area (Å²) in [6.07, 6.45) is 0. The number of nitrogens with one attached hydrogen (secondary N) is 1. The highest BCUT2D eigenvalue weighted by atomic mass is 16.2. The van der Waals surface area contributed by atoms with Gasteiger partial charge in [0, 0.05) is 16.9 Å². The average molecular weight is 320 g/mol. The van der Waals surface area contributed by atoms with E-state index in [1.807, 2.05) is 0 Å². The molecule has 7 nitrogen and oxygen atoms in total. The van der Waals surface area contributed by atoms with Crippen LogP contribution in [0.5, 0.6) is 0 Å². The topological polar surface area (TPSA) is 116 Å². The van der Waals surface area contributed by atoms with Gasteiger partial charge in [0.2, 0.25) is 0 Å². The molecular weight excluding hydrogens is 308 g/mol. The van der Waals surface area contributed by atoms with Crippen molar-refractivity contribution in [3.8, 4) is 6.07 Å². The summed E-state index contributed by atoms with van der Waals surface area (Å²) in [4.78, 5) is 37.3. The molecule has 3 rings (SSSR count). The number of benzene rings is 2. The lowest BCUT2D eigenvalue weighted by molar-refractivity contribution is 0.0673. The number of nitrogens with two attached hydrogens (primary N) is 1. The molecule has 0 saturated carbocycles. The fourth-order valence-electron chi connectivity index (χ4n) is 2.47. The maximum absolute atomic E-state index is 12.2.